The molecule has 2 aromatic rings. The number of thiophene rings is 1. The Morgan fingerprint density at radius 3 is 2.48 bits per heavy atom. The number of nitrogens with zero attached hydrogens (tertiary/aromatic N) is 2. The van der Waals surface area contributed by atoms with Gasteiger partial charge in [0, 0.05) is 47.3 Å². The van der Waals surface area contributed by atoms with Gasteiger partial charge < -0.3 is 15.5 Å². The second-order valence-corrected chi connectivity index (χ2v) is 9.13. The Hall–Kier alpha value is -0.990. The number of halogens is 1. The molecule has 0 amide bonds. The van der Waals surface area contributed by atoms with Crippen LogP contribution in [0.5, 0.6) is 0 Å². The Morgan fingerprint density at radius 1 is 1.19 bits per heavy atom. The third kappa shape index (κ3) is 5.74. The van der Waals surface area contributed by atoms with Crippen molar-refractivity contribution in [2.45, 2.75) is 25.9 Å². The monoisotopic (exact) mass is 466 g/mol. The van der Waals surface area contributed by atoms with E-state index in [0.717, 1.165) is 42.9 Å². The lowest BCUT2D eigenvalue weighted by molar-refractivity contribution is 0.0883. The number of rotatable bonds is 6. The van der Waals surface area contributed by atoms with Crippen LogP contribution in [0.2, 0.25) is 0 Å². The zero-order valence-corrected chi connectivity index (χ0v) is 19.0. The topological polar surface area (TPSA) is 30.5 Å². The molecule has 1 aliphatic heterocycles. The Morgan fingerprint density at radius 2 is 1.89 bits per heavy atom. The second-order valence-electron chi connectivity index (χ2n) is 6.82. The zero-order valence-electron chi connectivity index (χ0n) is 15.8. The average molecular weight is 468 g/mol. The van der Waals surface area contributed by atoms with Gasteiger partial charge in [0.15, 0.2) is 5.11 Å². The molecule has 0 unspecified atom stereocenters. The summed E-state index contributed by atoms with van der Waals surface area (Å²) in [7, 11) is 0. The van der Waals surface area contributed by atoms with Crippen LogP contribution >= 0.6 is 39.5 Å². The summed E-state index contributed by atoms with van der Waals surface area (Å²) in [6.07, 6.45) is 0. The van der Waals surface area contributed by atoms with Gasteiger partial charge in [-0.05, 0) is 61.4 Å². The van der Waals surface area contributed by atoms with E-state index in [-0.39, 0.29) is 6.04 Å². The van der Waals surface area contributed by atoms with Crippen LogP contribution < -0.4 is 10.6 Å². The first-order valence-corrected chi connectivity index (χ1v) is 11.5. The van der Waals surface area contributed by atoms with Gasteiger partial charge in [0.25, 0.3) is 0 Å². The first-order valence-electron chi connectivity index (χ1n) is 9.39. The van der Waals surface area contributed by atoms with Crippen LogP contribution in [0.25, 0.3) is 0 Å². The van der Waals surface area contributed by atoms with Crippen LogP contribution in [0.1, 0.15) is 24.8 Å². The van der Waals surface area contributed by atoms with Crippen molar-refractivity contribution < 1.29 is 0 Å². The molecule has 27 heavy (non-hydrogen) atoms. The van der Waals surface area contributed by atoms with Crippen LogP contribution in [0.3, 0.4) is 0 Å². The van der Waals surface area contributed by atoms with E-state index in [1.165, 1.54) is 4.88 Å². The van der Waals surface area contributed by atoms with Crippen molar-refractivity contribution in [3.63, 3.8) is 0 Å². The number of thiocarbonyl (C=S) groups is 1. The molecule has 0 aliphatic carbocycles. The van der Waals surface area contributed by atoms with Crippen molar-refractivity contribution in [1.29, 1.82) is 0 Å². The molecule has 2 N–H and O–H groups in total. The lowest BCUT2D eigenvalue weighted by Gasteiger charge is -2.41. The number of likely N-dealkylation sites (N-methyl/N-ethyl adjacent to an activating group) is 1. The second kappa shape index (κ2) is 9.98. The van der Waals surface area contributed by atoms with Gasteiger partial charge in [0.2, 0.25) is 0 Å². The van der Waals surface area contributed by atoms with Gasteiger partial charge >= 0.3 is 0 Å². The van der Waals surface area contributed by atoms with Gasteiger partial charge in [-0.2, -0.15) is 0 Å². The standard InChI is InChI=1S/C20H27BrN4S2/c1-3-24-10-12-25(13-11-24)19(18-5-4-14-27-18)15(2)22-20(26)23-17-8-6-16(21)7-9-17/h4-9,14-15,19H,3,10-13H2,1-2H3,(H2,22,23,26)/t15-,19+/m1/s1. The van der Waals surface area contributed by atoms with Gasteiger partial charge in [0.05, 0.1) is 6.04 Å². The highest BCUT2D eigenvalue weighted by Gasteiger charge is 2.30. The molecule has 0 spiro atoms. The molecule has 0 saturated carbocycles. The van der Waals surface area contributed by atoms with Crippen LogP contribution in [0.4, 0.5) is 5.69 Å². The Labute approximate surface area is 180 Å². The normalized spacial score (nSPS) is 18.0. The summed E-state index contributed by atoms with van der Waals surface area (Å²) >= 11 is 10.9. The molecule has 1 aromatic carbocycles. The first-order chi connectivity index (χ1) is 13.1. The number of hydrogen-bond donors (Lipinski definition) is 2. The van der Waals surface area contributed by atoms with Crippen LogP contribution in [-0.2, 0) is 0 Å². The maximum atomic E-state index is 5.58. The highest BCUT2D eigenvalue weighted by Crippen LogP contribution is 2.29. The molecule has 3 rings (SSSR count). The van der Waals surface area contributed by atoms with Crippen molar-refractivity contribution in [2.24, 2.45) is 0 Å². The fourth-order valence-electron chi connectivity index (χ4n) is 3.55. The minimum Gasteiger partial charge on any atom is -0.358 e. The van der Waals surface area contributed by atoms with Crippen LogP contribution in [0, 0.1) is 0 Å². The summed E-state index contributed by atoms with van der Waals surface area (Å²) in [6, 6.07) is 13.0. The van der Waals surface area contributed by atoms with Crippen molar-refractivity contribution in [3.05, 3.63) is 51.1 Å². The van der Waals surface area contributed by atoms with Crippen molar-refractivity contribution in [1.82, 2.24) is 15.1 Å². The average Bonchev–Trinajstić information content (AvgIpc) is 3.18. The molecule has 1 aromatic heterocycles. The summed E-state index contributed by atoms with van der Waals surface area (Å²) < 4.78 is 1.06. The van der Waals surface area contributed by atoms with Gasteiger partial charge in [0.1, 0.15) is 0 Å². The molecule has 1 fully saturated rings. The van der Waals surface area contributed by atoms with Gasteiger partial charge in [-0.3, -0.25) is 4.90 Å². The number of anilines is 1. The number of nitrogens with one attached hydrogen (secondary N) is 2. The fourth-order valence-corrected chi connectivity index (χ4v) is 5.08. The number of piperazine rings is 1. The van der Waals surface area contributed by atoms with E-state index in [1.54, 1.807) is 0 Å². The summed E-state index contributed by atoms with van der Waals surface area (Å²) in [6.45, 7) is 10.0. The van der Waals surface area contributed by atoms with E-state index < -0.39 is 0 Å². The molecule has 1 aliphatic rings. The first kappa shape index (κ1) is 20.7. The van der Waals surface area contributed by atoms with E-state index in [9.17, 15) is 0 Å². The maximum Gasteiger partial charge on any atom is 0.171 e. The highest BCUT2D eigenvalue weighted by molar-refractivity contribution is 9.10. The van der Waals surface area contributed by atoms with E-state index in [1.807, 2.05) is 35.6 Å². The Balaban J connectivity index is 1.65. The number of benzene rings is 1. The van der Waals surface area contributed by atoms with E-state index in [4.69, 9.17) is 12.2 Å². The largest absolute Gasteiger partial charge is 0.358 e. The van der Waals surface area contributed by atoms with Crippen molar-refractivity contribution in [3.8, 4) is 0 Å². The predicted molar refractivity (Wildman–Crippen MR) is 124 cm³/mol. The summed E-state index contributed by atoms with van der Waals surface area (Å²) in [5.41, 5.74) is 0.993. The smallest absolute Gasteiger partial charge is 0.171 e. The SMILES string of the molecule is CCN1CCN([C@H](c2cccs2)[C@@H](C)NC(=S)Nc2ccc(Br)cc2)CC1. The molecule has 2 atom stereocenters. The van der Waals surface area contributed by atoms with E-state index >= 15 is 0 Å². The van der Waals surface area contributed by atoms with E-state index in [2.05, 4.69) is 67.7 Å². The zero-order chi connectivity index (χ0) is 19.2. The molecule has 1 saturated heterocycles. The Kier molecular flexibility index (Phi) is 7.66. The number of hydrogen-bond acceptors (Lipinski definition) is 4. The van der Waals surface area contributed by atoms with Crippen molar-refractivity contribution in [2.75, 3.05) is 38.0 Å². The molecular weight excluding hydrogens is 440 g/mol. The molecule has 4 nitrogen and oxygen atoms in total. The molecule has 2 heterocycles. The molecule has 0 bridgehead atoms. The predicted octanol–water partition coefficient (Wildman–Crippen LogP) is 4.56. The van der Waals surface area contributed by atoms with Crippen LogP contribution in [-0.4, -0.2) is 53.7 Å². The van der Waals surface area contributed by atoms with Gasteiger partial charge in [-0.15, -0.1) is 11.3 Å². The Bertz CT molecular complexity index is 712. The van der Waals surface area contributed by atoms with Gasteiger partial charge in [-0.25, -0.2) is 0 Å². The fraction of sp³-hybridized carbons (Fsp3) is 0.450. The highest BCUT2D eigenvalue weighted by atomic mass is 79.9. The maximum absolute atomic E-state index is 5.58. The summed E-state index contributed by atoms with van der Waals surface area (Å²) in [4.78, 5) is 6.50. The molecular formula is C20H27BrN4S2. The molecule has 146 valence electrons. The minimum absolute atomic E-state index is 0.215. The quantitative estimate of drug-likeness (QED) is 0.609. The third-order valence-electron chi connectivity index (χ3n) is 5.02. The summed E-state index contributed by atoms with van der Waals surface area (Å²) in [5.74, 6) is 0. The lowest BCUT2D eigenvalue weighted by Crippen LogP contribution is -2.52. The molecule has 0 radical (unpaired) electrons. The van der Waals surface area contributed by atoms with E-state index in [0.29, 0.717) is 11.2 Å². The van der Waals surface area contributed by atoms with Gasteiger partial charge in [-0.1, -0.05) is 28.9 Å². The van der Waals surface area contributed by atoms with Crippen LogP contribution in [0.15, 0.2) is 46.3 Å². The lowest BCUT2D eigenvalue weighted by atomic mass is 10.1. The molecule has 7 heteroatoms. The third-order valence-corrected chi connectivity index (χ3v) is 6.71. The van der Waals surface area contributed by atoms with Crippen molar-refractivity contribution >= 4 is 50.3 Å². The summed E-state index contributed by atoms with van der Waals surface area (Å²) in [5, 5.41) is 9.64. The minimum atomic E-state index is 0.215.